The van der Waals surface area contributed by atoms with Gasteiger partial charge in [0.05, 0.1) is 6.61 Å². The second-order valence-electron chi connectivity index (χ2n) is 6.10. The standard InChI is InChI=1S/C22H23N3O3/c1-3-17-9-12-19(13-10-17)21-23-22(28-16-15-27-2)24-25(21)20(26)14-11-18-7-5-4-6-8-18/h4-14H,3,15-16H2,1-2H3/b14-11+. The molecule has 28 heavy (non-hydrogen) atoms. The Bertz CT molecular complexity index is 931. The highest BCUT2D eigenvalue weighted by Gasteiger charge is 2.17. The molecule has 1 heterocycles. The van der Waals surface area contributed by atoms with Crippen LogP contribution in [0, 0.1) is 0 Å². The van der Waals surface area contributed by atoms with E-state index in [0.717, 1.165) is 17.5 Å². The number of hydrogen-bond donors (Lipinski definition) is 0. The van der Waals surface area contributed by atoms with Crippen LogP contribution in [-0.2, 0) is 11.2 Å². The molecule has 0 unspecified atom stereocenters. The fourth-order valence-corrected chi connectivity index (χ4v) is 2.60. The van der Waals surface area contributed by atoms with E-state index in [2.05, 4.69) is 17.0 Å². The summed E-state index contributed by atoms with van der Waals surface area (Å²) in [5.74, 6) is 0.144. The maximum Gasteiger partial charge on any atom is 0.336 e. The van der Waals surface area contributed by atoms with Gasteiger partial charge in [-0.3, -0.25) is 4.79 Å². The van der Waals surface area contributed by atoms with Gasteiger partial charge in [0.2, 0.25) is 0 Å². The molecule has 0 aliphatic rings. The molecule has 3 rings (SSSR count). The molecule has 6 nitrogen and oxygen atoms in total. The van der Waals surface area contributed by atoms with Crippen LogP contribution in [-0.4, -0.2) is 41.0 Å². The number of allylic oxidation sites excluding steroid dienone is 1. The third kappa shape index (κ3) is 4.92. The molecule has 3 aromatic rings. The molecule has 0 amide bonds. The van der Waals surface area contributed by atoms with E-state index >= 15 is 0 Å². The number of methoxy groups -OCH3 is 1. The zero-order chi connectivity index (χ0) is 19.8. The summed E-state index contributed by atoms with van der Waals surface area (Å²) < 4.78 is 11.7. The highest BCUT2D eigenvalue weighted by atomic mass is 16.5. The number of benzene rings is 2. The lowest BCUT2D eigenvalue weighted by atomic mass is 10.1. The van der Waals surface area contributed by atoms with E-state index in [9.17, 15) is 4.79 Å². The van der Waals surface area contributed by atoms with Gasteiger partial charge in [0.25, 0.3) is 5.91 Å². The minimum Gasteiger partial charge on any atom is -0.460 e. The number of aryl methyl sites for hydroxylation is 1. The van der Waals surface area contributed by atoms with Crippen LogP contribution in [0.25, 0.3) is 17.5 Å². The normalized spacial score (nSPS) is 11.1. The molecule has 0 aliphatic heterocycles. The van der Waals surface area contributed by atoms with Crippen molar-refractivity contribution < 1.29 is 14.3 Å². The SMILES string of the molecule is CCc1ccc(-c2nc(OCCOC)nn2C(=O)/C=C/c2ccccc2)cc1. The van der Waals surface area contributed by atoms with Crippen molar-refractivity contribution in [1.82, 2.24) is 14.8 Å². The van der Waals surface area contributed by atoms with Crippen molar-refractivity contribution in [3.05, 3.63) is 71.8 Å². The smallest absolute Gasteiger partial charge is 0.336 e. The second kappa shape index (κ2) is 9.62. The molecule has 0 saturated carbocycles. The predicted octanol–water partition coefficient (Wildman–Crippen LogP) is 3.89. The summed E-state index contributed by atoms with van der Waals surface area (Å²) in [6, 6.07) is 17.7. The molecule has 0 bridgehead atoms. The molecule has 0 saturated heterocycles. The van der Waals surface area contributed by atoms with Gasteiger partial charge in [-0.1, -0.05) is 61.5 Å². The van der Waals surface area contributed by atoms with Crippen molar-refractivity contribution in [2.75, 3.05) is 20.3 Å². The molecule has 0 atom stereocenters. The summed E-state index contributed by atoms with van der Waals surface area (Å²) in [6.45, 7) is 2.82. The molecule has 0 N–H and O–H groups in total. The third-order valence-electron chi connectivity index (χ3n) is 4.15. The van der Waals surface area contributed by atoms with Gasteiger partial charge in [0, 0.05) is 18.7 Å². The van der Waals surface area contributed by atoms with Gasteiger partial charge in [-0.05, 0) is 23.6 Å². The first-order valence-electron chi connectivity index (χ1n) is 9.17. The number of ether oxygens (including phenoxy) is 2. The second-order valence-corrected chi connectivity index (χ2v) is 6.10. The Hall–Kier alpha value is -3.25. The van der Waals surface area contributed by atoms with Crippen molar-refractivity contribution in [2.45, 2.75) is 13.3 Å². The largest absolute Gasteiger partial charge is 0.460 e. The minimum absolute atomic E-state index is 0.146. The maximum absolute atomic E-state index is 12.8. The molecular weight excluding hydrogens is 354 g/mol. The van der Waals surface area contributed by atoms with Gasteiger partial charge in [0.1, 0.15) is 6.61 Å². The van der Waals surface area contributed by atoms with Crippen molar-refractivity contribution in [1.29, 1.82) is 0 Å². The fourth-order valence-electron chi connectivity index (χ4n) is 2.60. The van der Waals surface area contributed by atoms with E-state index in [1.807, 2.05) is 54.6 Å². The summed E-state index contributed by atoms with van der Waals surface area (Å²) in [6.07, 6.45) is 4.17. The number of carbonyl (C=O) groups is 1. The van der Waals surface area contributed by atoms with Gasteiger partial charge in [0.15, 0.2) is 5.82 Å². The maximum atomic E-state index is 12.8. The lowest BCUT2D eigenvalue weighted by molar-refractivity contribution is 0.0953. The first kappa shape index (κ1) is 19.5. The molecule has 144 valence electrons. The van der Waals surface area contributed by atoms with Crippen molar-refractivity contribution in [2.24, 2.45) is 0 Å². The first-order chi connectivity index (χ1) is 13.7. The fraction of sp³-hybridized carbons (Fsp3) is 0.227. The van der Waals surface area contributed by atoms with E-state index in [1.165, 1.54) is 16.3 Å². The molecule has 1 aromatic heterocycles. The monoisotopic (exact) mass is 377 g/mol. The Labute approximate surface area is 164 Å². The summed E-state index contributed by atoms with van der Waals surface area (Å²) in [4.78, 5) is 17.2. The van der Waals surface area contributed by atoms with Gasteiger partial charge >= 0.3 is 6.01 Å². The number of rotatable bonds is 8. The summed E-state index contributed by atoms with van der Waals surface area (Å²) >= 11 is 0. The molecule has 2 aromatic carbocycles. The van der Waals surface area contributed by atoms with Gasteiger partial charge < -0.3 is 9.47 Å². The van der Waals surface area contributed by atoms with E-state index in [1.54, 1.807) is 13.2 Å². The molecule has 0 spiro atoms. The number of hydrogen-bond acceptors (Lipinski definition) is 5. The summed E-state index contributed by atoms with van der Waals surface area (Å²) in [7, 11) is 1.59. The molecular formula is C22H23N3O3. The molecule has 0 fully saturated rings. The Kier molecular flexibility index (Phi) is 6.70. The van der Waals surface area contributed by atoms with Crippen LogP contribution in [0.2, 0.25) is 0 Å². The highest BCUT2D eigenvalue weighted by molar-refractivity contribution is 5.95. The van der Waals surface area contributed by atoms with Gasteiger partial charge in [-0.15, -0.1) is 5.10 Å². The van der Waals surface area contributed by atoms with Crippen LogP contribution in [0.4, 0.5) is 0 Å². The van der Waals surface area contributed by atoms with Gasteiger partial charge in [-0.25, -0.2) is 0 Å². The Morgan fingerprint density at radius 1 is 1.07 bits per heavy atom. The highest BCUT2D eigenvalue weighted by Crippen LogP contribution is 2.21. The topological polar surface area (TPSA) is 66.2 Å². The molecule has 0 aliphatic carbocycles. The average molecular weight is 377 g/mol. The summed E-state index contributed by atoms with van der Waals surface area (Å²) in [5, 5.41) is 4.24. The third-order valence-corrected chi connectivity index (χ3v) is 4.15. The van der Waals surface area contributed by atoms with Crippen molar-refractivity contribution in [3.63, 3.8) is 0 Å². The van der Waals surface area contributed by atoms with E-state index in [4.69, 9.17) is 9.47 Å². The Morgan fingerprint density at radius 2 is 1.82 bits per heavy atom. The van der Waals surface area contributed by atoms with Crippen LogP contribution in [0.15, 0.2) is 60.7 Å². The number of aromatic nitrogens is 3. The zero-order valence-corrected chi connectivity index (χ0v) is 16.0. The van der Waals surface area contributed by atoms with E-state index in [-0.39, 0.29) is 11.9 Å². The molecule has 0 radical (unpaired) electrons. The zero-order valence-electron chi connectivity index (χ0n) is 16.0. The number of nitrogens with zero attached hydrogens (tertiary/aromatic N) is 3. The Balaban J connectivity index is 1.90. The van der Waals surface area contributed by atoms with Crippen molar-refractivity contribution in [3.8, 4) is 17.4 Å². The lowest BCUT2D eigenvalue weighted by Gasteiger charge is -2.03. The van der Waals surface area contributed by atoms with E-state index in [0.29, 0.717) is 19.0 Å². The predicted molar refractivity (Wildman–Crippen MR) is 108 cm³/mol. The average Bonchev–Trinajstić information content (AvgIpc) is 3.17. The number of carbonyl (C=O) groups excluding carboxylic acids is 1. The minimum atomic E-state index is -0.299. The van der Waals surface area contributed by atoms with Crippen LogP contribution in [0.5, 0.6) is 6.01 Å². The van der Waals surface area contributed by atoms with Crippen LogP contribution in [0.3, 0.4) is 0 Å². The van der Waals surface area contributed by atoms with E-state index < -0.39 is 0 Å². The first-order valence-corrected chi connectivity index (χ1v) is 9.17. The summed E-state index contributed by atoms with van der Waals surface area (Å²) in [5.41, 5.74) is 2.94. The quantitative estimate of drug-likeness (QED) is 0.440. The van der Waals surface area contributed by atoms with Crippen LogP contribution >= 0.6 is 0 Å². The van der Waals surface area contributed by atoms with Crippen molar-refractivity contribution >= 4 is 12.0 Å². The lowest BCUT2D eigenvalue weighted by Crippen LogP contribution is -2.11. The Morgan fingerprint density at radius 3 is 2.50 bits per heavy atom. The van der Waals surface area contributed by atoms with Gasteiger partial charge in [-0.2, -0.15) is 9.67 Å². The molecule has 6 heteroatoms. The van der Waals surface area contributed by atoms with Crippen LogP contribution in [0.1, 0.15) is 22.8 Å². The van der Waals surface area contributed by atoms with Crippen LogP contribution < -0.4 is 4.74 Å².